The molecule has 0 aliphatic rings. The average Bonchev–Trinajstić information content (AvgIpc) is 3.02. The Morgan fingerprint density at radius 1 is 1.08 bits per heavy atom. The third-order valence-corrected chi connectivity index (χ3v) is 3.98. The smallest absolute Gasteiger partial charge is 0.360 e. The fourth-order valence-electron chi connectivity index (χ4n) is 2.56. The second-order valence-corrected chi connectivity index (χ2v) is 5.95. The number of benzene rings is 2. The summed E-state index contributed by atoms with van der Waals surface area (Å²) >= 11 is 5.98. The number of halogens is 4. The quantitative estimate of drug-likeness (QED) is 0.484. The number of hydrogen-bond acceptors (Lipinski definition) is 2. The van der Waals surface area contributed by atoms with Crippen molar-refractivity contribution in [2.45, 2.75) is 6.18 Å². The number of alkyl halides is 3. The van der Waals surface area contributed by atoms with Crippen LogP contribution in [0.3, 0.4) is 0 Å². The zero-order valence-electron chi connectivity index (χ0n) is 13.1. The molecule has 0 unspecified atom stereocenters. The summed E-state index contributed by atoms with van der Waals surface area (Å²) in [6, 6.07) is 11.3. The maximum absolute atomic E-state index is 12.7. The molecule has 3 aromatic rings. The average molecular weight is 378 g/mol. The summed E-state index contributed by atoms with van der Waals surface area (Å²) < 4.78 is 38.2. The molecule has 3 nitrogen and oxygen atoms in total. The molecular formula is C19H11ClF3NO2. The lowest BCUT2D eigenvalue weighted by Gasteiger charge is -2.04. The summed E-state index contributed by atoms with van der Waals surface area (Å²) in [5.41, 5.74) is 0.651. The molecule has 0 fully saturated rings. The first-order chi connectivity index (χ1) is 12.3. The fourth-order valence-corrected chi connectivity index (χ4v) is 2.79. The van der Waals surface area contributed by atoms with Crippen molar-refractivity contribution in [2.24, 2.45) is 0 Å². The fraction of sp³-hybridized carbons (Fsp3) is 0.0526. The van der Waals surface area contributed by atoms with Gasteiger partial charge in [-0.3, -0.25) is 9.59 Å². The lowest BCUT2D eigenvalue weighted by molar-refractivity contribution is -0.0884. The molecule has 0 aliphatic heterocycles. The highest BCUT2D eigenvalue weighted by Crippen LogP contribution is 2.31. The standard InChI is InChI=1S/C19H11ClF3NO2/c20-13-8-12(6-7-16(25)11-4-2-1-3-5-11)17-14(9-13)15(10-24-17)18(26)19(21,22)23/h1-10,24H/b7-6+. The molecule has 0 amide bonds. The van der Waals surface area contributed by atoms with Crippen molar-refractivity contribution in [3.8, 4) is 0 Å². The van der Waals surface area contributed by atoms with E-state index < -0.39 is 17.5 Å². The number of carbonyl (C=O) groups is 2. The molecule has 1 N–H and O–H groups in total. The maximum atomic E-state index is 12.7. The Hall–Kier alpha value is -2.86. The Balaban J connectivity index is 2.02. The third kappa shape index (κ3) is 3.55. The molecule has 0 spiro atoms. The van der Waals surface area contributed by atoms with Crippen LogP contribution in [0.25, 0.3) is 17.0 Å². The van der Waals surface area contributed by atoms with Gasteiger partial charge in [0.1, 0.15) is 0 Å². The number of aromatic amines is 1. The van der Waals surface area contributed by atoms with E-state index in [4.69, 9.17) is 11.6 Å². The molecule has 0 aliphatic carbocycles. The summed E-state index contributed by atoms with van der Waals surface area (Å²) in [6.45, 7) is 0. The molecule has 1 heterocycles. The third-order valence-electron chi connectivity index (χ3n) is 3.76. The van der Waals surface area contributed by atoms with E-state index >= 15 is 0 Å². The van der Waals surface area contributed by atoms with Gasteiger partial charge in [-0.05, 0) is 24.3 Å². The second kappa shape index (κ2) is 6.80. The first-order valence-electron chi connectivity index (χ1n) is 7.47. The summed E-state index contributed by atoms with van der Waals surface area (Å²) in [7, 11) is 0. The minimum absolute atomic E-state index is 0.0478. The molecule has 7 heteroatoms. The summed E-state index contributed by atoms with van der Waals surface area (Å²) in [4.78, 5) is 26.4. The zero-order valence-corrected chi connectivity index (χ0v) is 13.9. The Kier molecular flexibility index (Phi) is 4.70. The van der Waals surface area contributed by atoms with Crippen LogP contribution >= 0.6 is 11.6 Å². The minimum atomic E-state index is -4.99. The van der Waals surface area contributed by atoms with Crippen molar-refractivity contribution in [2.75, 3.05) is 0 Å². The van der Waals surface area contributed by atoms with Crippen LogP contribution in [-0.4, -0.2) is 22.7 Å². The normalized spacial score (nSPS) is 12.0. The predicted molar refractivity (Wildman–Crippen MR) is 93.5 cm³/mol. The molecule has 0 saturated carbocycles. The number of aromatic nitrogens is 1. The zero-order chi connectivity index (χ0) is 18.9. The number of fused-ring (bicyclic) bond motifs is 1. The second-order valence-electron chi connectivity index (χ2n) is 5.51. The topological polar surface area (TPSA) is 49.9 Å². The molecular weight excluding hydrogens is 367 g/mol. The van der Waals surface area contributed by atoms with E-state index in [1.807, 2.05) is 0 Å². The highest BCUT2D eigenvalue weighted by Gasteiger charge is 2.40. The SMILES string of the molecule is O=C(/C=C/c1cc(Cl)cc2c(C(=O)C(F)(F)F)c[nH]c12)c1ccccc1. The summed E-state index contributed by atoms with van der Waals surface area (Å²) in [6.07, 6.45) is -1.25. The van der Waals surface area contributed by atoms with Crippen molar-refractivity contribution < 1.29 is 22.8 Å². The number of hydrogen-bond donors (Lipinski definition) is 1. The summed E-state index contributed by atoms with van der Waals surface area (Å²) in [5.74, 6) is -2.22. The van der Waals surface area contributed by atoms with Crippen LogP contribution in [0.2, 0.25) is 5.02 Å². The van der Waals surface area contributed by atoms with E-state index in [1.165, 1.54) is 24.3 Å². The Bertz CT molecular complexity index is 1020. The molecule has 0 radical (unpaired) electrons. The van der Waals surface area contributed by atoms with Gasteiger partial charge in [-0.1, -0.05) is 41.9 Å². The molecule has 26 heavy (non-hydrogen) atoms. The van der Waals surface area contributed by atoms with Crippen molar-refractivity contribution in [3.05, 3.63) is 76.5 Å². The first-order valence-corrected chi connectivity index (χ1v) is 7.85. The van der Waals surface area contributed by atoms with Crippen molar-refractivity contribution in [1.82, 2.24) is 4.98 Å². The van der Waals surface area contributed by atoms with E-state index in [0.717, 1.165) is 6.20 Å². The molecule has 132 valence electrons. The van der Waals surface area contributed by atoms with Crippen LogP contribution in [0.1, 0.15) is 26.3 Å². The highest BCUT2D eigenvalue weighted by atomic mass is 35.5. The molecule has 1 aromatic heterocycles. The van der Waals surface area contributed by atoms with Gasteiger partial charge in [0.25, 0.3) is 5.78 Å². The van der Waals surface area contributed by atoms with E-state index in [-0.39, 0.29) is 16.2 Å². The van der Waals surface area contributed by atoms with Crippen LogP contribution in [0.15, 0.2) is 54.7 Å². The van der Waals surface area contributed by atoms with Gasteiger partial charge in [-0.25, -0.2) is 0 Å². The van der Waals surface area contributed by atoms with Crippen LogP contribution in [0.5, 0.6) is 0 Å². The van der Waals surface area contributed by atoms with Gasteiger partial charge in [-0.2, -0.15) is 13.2 Å². The van der Waals surface area contributed by atoms with E-state index in [9.17, 15) is 22.8 Å². The molecule has 3 rings (SSSR count). The predicted octanol–water partition coefficient (Wildman–Crippen LogP) is 5.46. The van der Waals surface area contributed by atoms with Gasteiger partial charge in [0, 0.05) is 27.7 Å². The van der Waals surface area contributed by atoms with Gasteiger partial charge >= 0.3 is 6.18 Å². The van der Waals surface area contributed by atoms with Crippen molar-refractivity contribution >= 4 is 40.1 Å². The Morgan fingerprint density at radius 2 is 1.77 bits per heavy atom. The monoisotopic (exact) mass is 377 g/mol. The highest BCUT2D eigenvalue weighted by molar-refractivity contribution is 6.32. The largest absolute Gasteiger partial charge is 0.454 e. The Morgan fingerprint density at radius 3 is 2.42 bits per heavy atom. The molecule has 0 bridgehead atoms. The number of allylic oxidation sites excluding steroid dienone is 1. The lowest BCUT2D eigenvalue weighted by Crippen LogP contribution is -2.22. The number of carbonyl (C=O) groups excluding carboxylic acids is 2. The molecule has 0 saturated heterocycles. The van der Waals surface area contributed by atoms with Crippen LogP contribution < -0.4 is 0 Å². The van der Waals surface area contributed by atoms with Gasteiger partial charge in [0.15, 0.2) is 5.78 Å². The van der Waals surface area contributed by atoms with E-state index in [0.29, 0.717) is 16.6 Å². The maximum Gasteiger partial charge on any atom is 0.454 e. The number of Topliss-reactive ketones (excluding diaryl/α,β-unsaturated/α-hetero) is 1. The molecule has 0 atom stereocenters. The van der Waals surface area contributed by atoms with Gasteiger partial charge in [0.05, 0.1) is 11.1 Å². The van der Waals surface area contributed by atoms with Gasteiger partial charge < -0.3 is 4.98 Å². The molecule has 2 aromatic carbocycles. The number of rotatable bonds is 4. The van der Waals surface area contributed by atoms with Crippen LogP contribution in [0, 0.1) is 0 Å². The number of ketones is 2. The number of nitrogens with one attached hydrogen (secondary N) is 1. The van der Waals surface area contributed by atoms with Gasteiger partial charge in [-0.15, -0.1) is 0 Å². The lowest BCUT2D eigenvalue weighted by atomic mass is 10.0. The van der Waals surface area contributed by atoms with Crippen molar-refractivity contribution in [3.63, 3.8) is 0 Å². The van der Waals surface area contributed by atoms with Crippen molar-refractivity contribution in [1.29, 1.82) is 0 Å². The summed E-state index contributed by atoms with van der Waals surface area (Å²) in [5, 5.41) is 0.201. The first kappa shape index (κ1) is 17.9. The minimum Gasteiger partial charge on any atom is -0.360 e. The van der Waals surface area contributed by atoms with E-state index in [2.05, 4.69) is 4.98 Å². The van der Waals surface area contributed by atoms with Crippen LogP contribution in [-0.2, 0) is 0 Å². The van der Waals surface area contributed by atoms with Gasteiger partial charge in [0.2, 0.25) is 0 Å². The Labute approximate surface area is 151 Å². The van der Waals surface area contributed by atoms with Crippen LogP contribution in [0.4, 0.5) is 13.2 Å². The van der Waals surface area contributed by atoms with E-state index in [1.54, 1.807) is 30.3 Å². The number of H-pyrrole nitrogens is 1.